The second kappa shape index (κ2) is 8.19. The largest absolute Gasteiger partial charge is 0.389 e. The highest BCUT2D eigenvalue weighted by Gasteiger charge is 2.17. The number of aliphatic hydroxyl groups is 1. The Morgan fingerprint density at radius 2 is 2.21 bits per heavy atom. The van der Waals surface area contributed by atoms with Crippen molar-refractivity contribution in [3.63, 3.8) is 0 Å². The van der Waals surface area contributed by atoms with Gasteiger partial charge in [0.2, 0.25) is 6.41 Å². The van der Waals surface area contributed by atoms with Crippen molar-refractivity contribution in [3.8, 4) is 0 Å². The minimum Gasteiger partial charge on any atom is -0.389 e. The lowest BCUT2D eigenvalue weighted by atomic mass is 10.3. The van der Waals surface area contributed by atoms with E-state index in [9.17, 15) is 9.90 Å². The van der Waals surface area contributed by atoms with Gasteiger partial charge in [-0.15, -0.1) is 22.7 Å². The van der Waals surface area contributed by atoms with E-state index < -0.39 is 0 Å². The molecule has 29 heavy (non-hydrogen) atoms. The summed E-state index contributed by atoms with van der Waals surface area (Å²) in [5.41, 5.74) is 4.32. The highest BCUT2D eigenvalue weighted by Crippen LogP contribution is 2.30. The van der Waals surface area contributed by atoms with Crippen LogP contribution in [0.25, 0.3) is 10.3 Å². The van der Waals surface area contributed by atoms with Gasteiger partial charge >= 0.3 is 0 Å². The average Bonchev–Trinajstić information content (AvgIpc) is 3.50. The number of aliphatic hydroxyl groups excluding tert-OH is 1. The zero-order valence-corrected chi connectivity index (χ0v) is 17.4. The maximum atomic E-state index is 11.4. The number of thiazole rings is 2. The van der Waals surface area contributed by atoms with Crippen LogP contribution in [-0.4, -0.2) is 52.7 Å². The summed E-state index contributed by atoms with van der Waals surface area (Å²) in [6.45, 7) is 2.18. The summed E-state index contributed by atoms with van der Waals surface area (Å²) in [5, 5.41) is 28.5. The van der Waals surface area contributed by atoms with E-state index in [1.165, 1.54) is 16.3 Å². The van der Waals surface area contributed by atoms with Gasteiger partial charge in [0.05, 0.1) is 36.0 Å². The SMILES string of the molecule is Cc1c(/C=N\N(C=O)Cc2cn[nH]n2)c2sc(Cc3csc(CO)n3)nc2n1C. The fourth-order valence-electron chi connectivity index (χ4n) is 2.85. The summed E-state index contributed by atoms with van der Waals surface area (Å²) in [6.07, 6.45) is 4.49. The number of nitrogens with zero attached hydrogens (tertiary/aromatic N) is 7. The molecule has 1 amide bonds. The van der Waals surface area contributed by atoms with Gasteiger partial charge in [0.25, 0.3) is 0 Å². The Labute approximate surface area is 173 Å². The Bertz CT molecular complexity index is 1160. The van der Waals surface area contributed by atoms with Crippen LogP contribution >= 0.6 is 22.7 Å². The third-order valence-corrected chi connectivity index (χ3v) is 6.38. The van der Waals surface area contributed by atoms with Crippen molar-refractivity contribution in [2.45, 2.75) is 26.5 Å². The first-order valence-electron chi connectivity index (χ1n) is 8.68. The predicted octanol–water partition coefficient (Wildman–Crippen LogP) is 1.59. The highest BCUT2D eigenvalue weighted by molar-refractivity contribution is 7.19. The van der Waals surface area contributed by atoms with Crippen LogP contribution in [0.3, 0.4) is 0 Å². The fraction of sp³-hybridized carbons (Fsp3) is 0.294. The first-order chi connectivity index (χ1) is 14.1. The van der Waals surface area contributed by atoms with Gasteiger partial charge in [0.15, 0.2) is 5.65 Å². The number of aromatic amines is 1. The van der Waals surface area contributed by atoms with Crippen LogP contribution in [-0.2, 0) is 31.4 Å². The molecule has 0 saturated heterocycles. The quantitative estimate of drug-likeness (QED) is 0.248. The van der Waals surface area contributed by atoms with Crippen LogP contribution in [0.4, 0.5) is 0 Å². The monoisotopic (exact) mass is 430 g/mol. The van der Waals surface area contributed by atoms with E-state index >= 15 is 0 Å². The number of aryl methyl sites for hydroxylation is 1. The van der Waals surface area contributed by atoms with Crippen molar-refractivity contribution in [1.82, 2.24) is 35.0 Å². The van der Waals surface area contributed by atoms with Gasteiger partial charge in [-0.1, -0.05) is 0 Å². The topological polar surface area (TPSA) is 125 Å². The lowest BCUT2D eigenvalue weighted by Crippen LogP contribution is -2.15. The molecule has 0 spiro atoms. The maximum absolute atomic E-state index is 11.4. The molecule has 0 aliphatic rings. The third-order valence-electron chi connectivity index (χ3n) is 4.42. The number of amides is 1. The molecule has 0 saturated carbocycles. The zero-order valence-electron chi connectivity index (χ0n) is 15.7. The molecule has 4 aromatic rings. The van der Waals surface area contributed by atoms with Crippen molar-refractivity contribution >= 4 is 45.6 Å². The van der Waals surface area contributed by atoms with Crippen molar-refractivity contribution < 1.29 is 9.90 Å². The Morgan fingerprint density at radius 1 is 1.34 bits per heavy atom. The molecule has 12 heteroatoms. The van der Waals surface area contributed by atoms with Gasteiger partial charge in [0.1, 0.15) is 15.7 Å². The molecule has 4 heterocycles. The Morgan fingerprint density at radius 3 is 2.90 bits per heavy atom. The van der Waals surface area contributed by atoms with Crippen LogP contribution in [0.15, 0.2) is 16.7 Å². The molecular formula is C17H18N8O2S2. The Kier molecular flexibility index (Phi) is 5.47. The number of fused-ring (bicyclic) bond motifs is 1. The van der Waals surface area contributed by atoms with E-state index in [1.807, 2.05) is 23.9 Å². The number of hydrogen-bond donors (Lipinski definition) is 2. The van der Waals surface area contributed by atoms with Crippen molar-refractivity contribution in [2.75, 3.05) is 0 Å². The number of H-pyrrole nitrogens is 1. The fourth-order valence-corrected chi connectivity index (χ4v) is 4.68. The summed E-state index contributed by atoms with van der Waals surface area (Å²) >= 11 is 3.02. The average molecular weight is 431 g/mol. The molecule has 0 radical (unpaired) electrons. The zero-order chi connectivity index (χ0) is 20.4. The van der Waals surface area contributed by atoms with Crippen LogP contribution in [0.2, 0.25) is 0 Å². The number of carbonyl (C=O) groups is 1. The molecule has 4 rings (SSSR count). The Hall–Kier alpha value is -2.96. The summed E-state index contributed by atoms with van der Waals surface area (Å²) < 4.78 is 3.02. The second-order valence-electron chi connectivity index (χ2n) is 6.29. The van der Waals surface area contributed by atoms with Gasteiger partial charge in [-0.2, -0.15) is 20.5 Å². The van der Waals surface area contributed by atoms with Gasteiger partial charge in [-0.05, 0) is 6.92 Å². The lowest BCUT2D eigenvalue weighted by molar-refractivity contribution is -0.118. The first-order valence-corrected chi connectivity index (χ1v) is 10.4. The van der Waals surface area contributed by atoms with E-state index in [1.54, 1.807) is 23.7 Å². The van der Waals surface area contributed by atoms with Gasteiger partial charge in [-0.25, -0.2) is 15.0 Å². The molecule has 150 valence electrons. The van der Waals surface area contributed by atoms with E-state index in [0.717, 1.165) is 32.3 Å². The van der Waals surface area contributed by atoms with Crippen LogP contribution in [0.5, 0.6) is 0 Å². The molecule has 0 unspecified atom stereocenters. The molecule has 10 nitrogen and oxygen atoms in total. The van der Waals surface area contributed by atoms with Gasteiger partial charge in [0, 0.05) is 30.1 Å². The van der Waals surface area contributed by atoms with E-state index in [4.69, 9.17) is 4.98 Å². The summed E-state index contributed by atoms with van der Waals surface area (Å²) in [7, 11) is 1.96. The number of hydrazone groups is 1. The normalized spacial score (nSPS) is 11.7. The molecule has 0 bridgehead atoms. The molecule has 0 fully saturated rings. The van der Waals surface area contributed by atoms with Crippen molar-refractivity contribution in [3.05, 3.63) is 44.2 Å². The molecular weight excluding hydrogens is 412 g/mol. The molecule has 0 atom stereocenters. The first kappa shape index (κ1) is 19.4. The standard InChI is InChI=1S/C17H18N8O2S2/c1-10-13(5-19-25(9-27)6-12-4-18-23-22-12)16-17(24(10)2)21-14(29-16)3-11-8-28-15(7-26)20-11/h4-5,8-9,26H,3,6-7H2,1-2H3,(H,18,22,23)/b19-5-. The minimum atomic E-state index is -0.0497. The second-order valence-corrected chi connectivity index (χ2v) is 8.32. The van der Waals surface area contributed by atoms with Crippen LogP contribution < -0.4 is 0 Å². The maximum Gasteiger partial charge on any atom is 0.230 e. The van der Waals surface area contributed by atoms with E-state index in [2.05, 4.69) is 25.5 Å². The number of rotatable bonds is 8. The highest BCUT2D eigenvalue weighted by atomic mass is 32.1. The Balaban J connectivity index is 1.60. The van der Waals surface area contributed by atoms with E-state index in [0.29, 0.717) is 23.5 Å². The molecule has 0 aromatic carbocycles. The minimum absolute atomic E-state index is 0.0497. The summed E-state index contributed by atoms with van der Waals surface area (Å²) in [5.74, 6) is 0. The number of hydrogen-bond acceptors (Lipinski definition) is 9. The molecule has 0 aliphatic carbocycles. The summed E-state index contributed by atoms with van der Waals surface area (Å²) in [4.78, 5) is 20.5. The number of aromatic nitrogens is 6. The number of carbonyl (C=O) groups excluding carboxylic acids is 1. The molecule has 2 N–H and O–H groups in total. The van der Waals surface area contributed by atoms with Gasteiger partial charge < -0.3 is 9.67 Å². The van der Waals surface area contributed by atoms with E-state index in [-0.39, 0.29) is 13.2 Å². The lowest BCUT2D eigenvalue weighted by Gasteiger charge is -2.08. The van der Waals surface area contributed by atoms with Crippen LogP contribution in [0, 0.1) is 6.92 Å². The smallest absolute Gasteiger partial charge is 0.230 e. The van der Waals surface area contributed by atoms with Gasteiger partial charge in [-0.3, -0.25) is 4.79 Å². The predicted molar refractivity (Wildman–Crippen MR) is 110 cm³/mol. The number of nitrogens with one attached hydrogen (secondary N) is 1. The van der Waals surface area contributed by atoms with Crippen molar-refractivity contribution in [2.24, 2.45) is 12.1 Å². The van der Waals surface area contributed by atoms with Crippen molar-refractivity contribution in [1.29, 1.82) is 0 Å². The molecule has 0 aliphatic heterocycles. The van der Waals surface area contributed by atoms with Crippen LogP contribution in [0.1, 0.15) is 32.7 Å². The molecule has 4 aromatic heterocycles. The third kappa shape index (κ3) is 3.95. The summed E-state index contributed by atoms with van der Waals surface area (Å²) in [6, 6.07) is 0.